The minimum atomic E-state index is -0.438. The molecule has 25 heavy (non-hydrogen) atoms. The first-order valence-corrected chi connectivity index (χ1v) is 8.60. The van der Waals surface area contributed by atoms with Gasteiger partial charge in [-0.2, -0.15) is 15.1 Å². The number of hydrogen-bond donors (Lipinski definition) is 1. The van der Waals surface area contributed by atoms with Crippen LogP contribution >= 0.6 is 11.8 Å². The largest absolute Gasteiger partial charge is 0.493 e. The lowest BCUT2D eigenvalue weighted by Gasteiger charge is -2.20. The maximum absolute atomic E-state index is 12.4. The van der Waals surface area contributed by atoms with Crippen LogP contribution in [0.4, 0.5) is 0 Å². The van der Waals surface area contributed by atoms with E-state index < -0.39 is 5.91 Å². The third-order valence-electron chi connectivity index (χ3n) is 3.68. The van der Waals surface area contributed by atoms with E-state index >= 15 is 0 Å². The van der Waals surface area contributed by atoms with Crippen molar-refractivity contribution in [3.63, 3.8) is 0 Å². The molecule has 2 aliphatic rings. The molecule has 0 aliphatic carbocycles. The molecule has 1 amide bonds. The highest BCUT2D eigenvalue weighted by atomic mass is 32.2. The molecule has 7 nitrogen and oxygen atoms in total. The molecule has 0 saturated heterocycles. The first-order chi connectivity index (χ1) is 12.1. The number of ether oxygens (including phenoxy) is 2. The van der Waals surface area contributed by atoms with Crippen molar-refractivity contribution >= 4 is 39.8 Å². The van der Waals surface area contributed by atoms with Crippen molar-refractivity contribution < 1.29 is 14.3 Å². The number of hydrazone groups is 1. The molecule has 1 aromatic rings. The number of hydrogen-bond acceptors (Lipinski definition) is 6. The Kier molecular flexibility index (Phi) is 4.89. The van der Waals surface area contributed by atoms with Gasteiger partial charge in [0.2, 0.25) is 5.17 Å². The van der Waals surface area contributed by atoms with E-state index in [1.54, 1.807) is 38.5 Å². The Balaban J connectivity index is 1.94. The molecular weight excluding hydrogens is 340 g/mol. The zero-order chi connectivity index (χ0) is 18.0. The monoisotopic (exact) mass is 358 g/mol. The van der Waals surface area contributed by atoms with Crippen molar-refractivity contribution in [3.8, 4) is 11.5 Å². The van der Waals surface area contributed by atoms with Gasteiger partial charge in [-0.3, -0.25) is 10.2 Å². The van der Waals surface area contributed by atoms with Crippen molar-refractivity contribution in [2.24, 2.45) is 10.1 Å². The van der Waals surface area contributed by atoms with Crippen molar-refractivity contribution in [1.82, 2.24) is 5.01 Å². The third kappa shape index (κ3) is 3.30. The van der Waals surface area contributed by atoms with E-state index in [-0.39, 0.29) is 11.4 Å². The second-order valence-electron chi connectivity index (χ2n) is 5.38. The highest BCUT2D eigenvalue weighted by molar-refractivity contribution is 8.26. The summed E-state index contributed by atoms with van der Waals surface area (Å²) in [5.41, 5.74) is 0.909. The molecule has 2 heterocycles. The number of benzene rings is 1. The Bertz CT molecular complexity index is 829. The van der Waals surface area contributed by atoms with Gasteiger partial charge in [0, 0.05) is 0 Å². The van der Waals surface area contributed by atoms with Gasteiger partial charge in [0.15, 0.2) is 17.3 Å². The summed E-state index contributed by atoms with van der Waals surface area (Å²) < 4.78 is 10.5. The lowest BCUT2D eigenvalue weighted by Crippen LogP contribution is -2.35. The minimum absolute atomic E-state index is 0.0309. The van der Waals surface area contributed by atoms with Crippen LogP contribution < -0.4 is 9.47 Å². The van der Waals surface area contributed by atoms with E-state index in [4.69, 9.17) is 14.9 Å². The Morgan fingerprint density at radius 1 is 1.28 bits per heavy atom. The normalized spacial score (nSPS) is 18.2. The summed E-state index contributed by atoms with van der Waals surface area (Å²) in [5, 5.41) is 15.5. The number of amidine groups is 2. The van der Waals surface area contributed by atoms with Crippen LogP contribution in [0.15, 0.2) is 33.9 Å². The molecule has 0 atom stereocenters. The van der Waals surface area contributed by atoms with E-state index in [1.807, 2.05) is 0 Å². The van der Waals surface area contributed by atoms with E-state index in [9.17, 15) is 4.79 Å². The Hall–Kier alpha value is -2.61. The summed E-state index contributed by atoms with van der Waals surface area (Å²) in [6, 6.07) is 5.29. The summed E-state index contributed by atoms with van der Waals surface area (Å²) >= 11 is 1.35. The van der Waals surface area contributed by atoms with Gasteiger partial charge >= 0.3 is 0 Å². The van der Waals surface area contributed by atoms with Crippen molar-refractivity contribution in [3.05, 3.63) is 29.3 Å². The smallest absolute Gasteiger partial charge is 0.283 e. The topological polar surface area (TPSA) is 87.3 Å². The predicted octanol–water partition coefficient (Wildman–Crippen LogP) is 3.12. The second kappa shape index (κ2) is 7.10. The second-order valence-corrected chi connectivity index (χ2v) is 6.42. The molecule has 0 radical (unpaired) electrons. The average Bonchev–Trinajstić information content (AvgIpc) is 3.01. The van der Waals surface area contributed by atoms with Crippen molar-refractivity contribution in [2.75, 3.05) is 14.2 Å². The Morgan fingerprint density at radius 3 is 2.72 bits per heavy atom. The van der Waals surface area contributed by atoms with Gasteiger partial charge in [0.05, 0.1) is 19.8 Å². The zero-order valence-corrected chi connectivity index (χ0v) is 15.0. The molecule has 0 unspecified atom stereocenters. The molecule has 2 aliphatic heterocycles. The standard InChI is InChI=1S/C17H18N4O3S/c1-4-5-14-20-21-15(18)11(16(22)19-17(21)25-14)8-10-6-7-12(23-2)13(9-10)24-3/h6-9,18H,4-5H2,1-3H3/b11-8+,18-15?. The fourth-order valence-corrected chi connectivity index (χ4v) is 3.44. The van der Waals surface area contributed by atoms with Gasteiger partial charge in [-0.25, -0.2) is 0 Å². The average molecular weight is 358 g/mol. The van der Waals surface area contributed by atoms with E-state index in [0.717, 1.165) is 17.9 Å². The van der Waals surface area contributed by atoms with E-state index in [0.29, 0.717) is 22.2 Å². The molecule has 1 aromatic carbocycles. The van der Waals surface area contributed by atoms with Crippen LogP contribution in [0, 0.1) is 5.41 Å². The molecule has 0 saturated carbocycles. The van der Waals surface area contributed by atoms with E-state index in [1.165, 1.54) is 16.8 Å². The molecule has 0 bridgehead atoms. The maximum atomic E-state index is 12.4. The number of methoxy groups -OCH3 is 2. The van der Waals surface area contributed by atoms with Crippen LogP contribution in [0.3, 0.4) is 0 Å². The molecule has 8 heteroatoms. The SMILES string of the molecule is CCCC1=NN2C(=N)/C(=C\c3ccc(OC)c(OC)c3)C(=O)N=C2S1. The van der Waals surface area contributed by atoms with Gasteiger partial charge in [-0.1, -0.05) is 13.0 Å². The number of nitrogens with one attached hydrogen (secondary N) is 1. The van der Waals surface area contributed by atoms with Gasteiger partial charge < -0.3 is 9.47 Å². The fourth-order valence-electron chi connectivity index (χ4n) is 2.46. The number of rotatable bonds is 5. The van der Waals surface area contributed by atoms with Crippen LogP contribution in [-0.2, 0) is 4.79 Å². The number of fused-ring (bicyclic) bond motifs is 1. The highest BCUT2D eigenvalue weighted by Gasteiger charge is 2.35. The van der Waals surface area contributed by atoms with Crippen LogP contribution in [0.2, 0.25) is 0 Å². The maximum Gasteiger partial charge on any atom is 0.283 e. The molecule has 3 rings (SSSR count). The number of thioether (sulfide) groups is 1. The Labute approximate surface area is 149 Å². The molecule has 130 valence electrons. The molecule has 1 N–H and O–H groups in total. The summed E-state index contributed by atoms with van der Waals surface area (Å²) in [6.45, 7) is 2.06. The fraction of sp³-hybridized carbons (Fsp3) is 0.294. The van der Waals surface area contributed by atoms with Crippen LogP contribution in [0.25, 0.3) is 6.08 Å². The molecule has 0 fully saturated rings. The minimum Gasteiger partial charge on any atom is -0.493 e. The Morgan fingerprint density at radius 2 is 2.04 bits per heavy atom. The quantitative estimate of drug-likeness (QED) is 0.817. The van der Waals surface area contributed by atoms with Crippen molar-refractivity contribution in [1.29, 1.82) is 5.41 Å². The third-order valence-corrected chi connectivity index (χ3v) is 4.65. The zero-order valence-electron chi connectivity index (χ0n) is 14.2. The van der Waals surface area contributed by atoms with Crippen molar-refractivity contribution in [2.45, 2.75) is 19.8 Å². The summed E-state index contributed by atoms with van der Waals surface area (Å²) in [4.78, 5) is 16.4. The van der Waals surface area contributed by atoms with Gasteiger partial charge in [-0.05, 0) is 48.4 Å². The van der Waals surface area contributed by atoms with E-state index in [2.05, 4.69) is 17.0 Å². The van der Waals surface area contributed by atoms with Crippen LogP contribution in [0.1, 0.15) is 25.3 Å². The van der Waals surface area contributed by atoms with Gasteiger partial charge in [-0.15, -0.1) is 0 Å². The van der Waals surface area contributed by atoms with Gasteiger partial charge in [0.25, 0.3) is 5.91 Å². The number of carbonyl (C=O) groups is 1. The molecular formula is C17H18N4O3S. The van der Waals surface area contributed by atoms with Crippen LogP contribution in [0.5, 0.6) is 11.5 Å². The number of nitrogens with zero attached hydrogens (tertiary/aromatic N) is 3. The van der Waals surface area contributed by atoms with Gasteiger partial charge in [0.1, 0.15) is 5.04 Å². The lowest BCUT2D eigenvalue weighted by atomic mass is 10.1. The number of amides is 1. The summed E-state index contributed by atoms with van der Waals surface area (Å²) in [5.74, 6) is 0.741. The highest BCUT2D eigenvalue weighted by Crippen LogP contribution is 2.31. The lowest BCUT2D eigenvalue weighted by molar-refractivity contribution is -0.114. The first kappa shape index (κ1) is 17.2. The number of carbonyl (C=O) groups excluding carboxylic acids is 1. The summed E-state index contributed by atoms with van der Waals surface area (Å²) in [6.07, 6.45) is 3.36. The van der Waals surface area contributed by atoms with Crippen LogP contribution in [-0.4, -0.2) is 41.2 Å². The first-order valence-electron chi connectivity index (χ1n) is 7.78. The summed E-state index contributed by atoms with van der Waals surface area (Å²) in [7, 11) is 3.11. The molecule has 0 spiro atoms. The predicted molar refractivity (Wildman–Crippen MR) is 99.5 cm³/mol. The molecule has 0 aromatic heterocycles. The number of aliphatic imine (C=N–C) groups is 1.